The third kappa shape index (κ3) is 3.21. The minimum atomic E-state index is -3.64. The molecule has 0 saturated heterocycles. The van der Waals surface area contributed by atoms with Gasteiger partial charge in [0.2, 0.25) is 0 Å². The third-order valence-electron chi connectivity index (χ3n) is 2.03. The number of nitrogens with two attached hydrogens (primary N) is 1. The SMILES string of the molecule is CCC(C)OS(=O)(=O)c1ccc(N)cc1. The van der Waals surface area contributed by atoms with Crippen LogP contribution < -0.4 is 5.73 Å². The zero-order chi connectivity index (χ0) is 11.5. The molecule has 2 N–H and O–H groups in total. The predicted molar refractivity (Wildman–Crippen MR) is 58.9 cm³/mol. The maximum Gasteiger partial charge on any atom is 0.297 e. The first kappa shape index (κ1) is 12.0. The van der Waals surface area contributed by atoms with Crippen molar-refractivity contribution in [2.45, 2.75) is 31.3 Å². The van der Waals surface area contributed by atoms with Crippen molar-refractivity contribution < 1.29 is 12.6 Å². The second-order valence-corrected chi connectivity index (χ2v) is 4.91. The highest BCUT2D eigenvalue weighted by Gasteiger charge is 2.17. The summed E-state index contributed by atoms with van der Waals surface area (Å²) < 4.78 is 28.2. The molecule has 5 heteroatoms. The molecule has 0 aliphatic heterocycles. The molecule has 1 atom stereocenters. The summed E-state index contributed by atoms with van der Waals surface area (Å²) in [7, 11) is -3.64. The average Bonchev–Trinajstić information content (AvgIpc) is 2.17. The fraction of sp³-hybridized carbons (Fsp3) is 0.400. The van der Waals surface area contributed by atoms with Crippen LogP contribution in [0, 0.1) is 0 Å². The monoisotopic (exact) mass is 229 g/mol. The number of anilines is 1. The normalized spacial score (nSPS) is 13.7. The smallest absolute Gasteiger partial charge is 0.297 e. The van der Waals surface area contributed by atoms with Crippen LogP contribution in [0.3, 0.4) is 0 Å². The molecule has 4 nitrogen and oxygen atoms in total. The van der Waals surface area contributed by atoms with Crippen LogP contribution in [0.15, 0.2) is 29.2 Å². The molecule has 0 heterocycles. The van der Waals surface area contributed by atoms with Gasteiger partial charge in [-0.25, -0.2) is 0 Å². The fourth-order valence-electron chi connectivity index (χ4n) is 0.974. The highest BCUT2D eigenvalue weighted by Crippen LogP contribution is 2.16. The van der Waals surface area contributed by atoms with Gasteiger partial charge in [0, 0.05) is 5.69 Å². The van der Waals surface area contributed by atoms with Gasteiger partial charge in [-0.15, -0.1) is 0 Å². The van der Waals surface area contributed by atoms with Crippen LogP contribution in [0.4, 0.5) is 5.69 Å². The number of benzene rings is 1. The molecule has 0 aliphatic carbocycles. The predicted octanol–water partition coefficient (Wildman–Crippen LogP) is 1.77. The lowest BCUT2D eigenvalue weighted by atomic mass is 10.3. The molecule has 0 fully saturated rings. The summed E-state index contributed by atoms with van der Waals surface area (Å²) in [5.41, 5.74) is 5.99. The quantitative estimate of drug-likeness (QED) is 0.631. The number of rotatable bonds is 4. The van der Waals surface area contributed by atoms with Crippen LogP contribution in [0.2, 0.25) is 0 Å². The van der Waals surface area contributed by atoms with Crippen molar-refractivity contribution in [2.75, 3.05) is 5.73 Å². The van der Waals surface area contributed by atoms with Crippen LogP contribution >= 0.6 is 0 Å². The molecule has 1 unspecified atom stereocenters. The Morgan fingerprint density at radius 1 is 1.33 bits per heavy atom. The largest absolute Gasteiger partial charge is 0.399 e. The van der Waals surface area contributed by atoms with E-state index < -0.39 is 10.1 Å². The van der Waals surface area contributed by atoms with Crippen molar-refractivity contribution in [2.24, 2.45) is 0 Å². The Morgan fingerprint density at radius 3 is 2.33 bits per heavy atom. The van der Waals surface area contributed by atoms with E-state index in [1.54, 1.807) is 6.92 Å². The maximum absolute atomic E-state index is 11.6. The molecule has 0 aliphatic rings. The highest BCUT2D eigenvalue weighted by atomic mass is 32.2. The van der Waals surface area contributed by atoms with Crippen molar-refractivity contribution in [1.82, 2.24) is 0 Å². The zero-order valence-electron chi connectivity index (χ0n) is 8.80. The van der Waals surface area contributed by atoms with Gasteiger partial charge in [0.25, 0.3) is 10.1 Å². The molecule has 84 valence electrons. The van der Waals surface area contributed by atoms with Crippen molar-refractivity contribution in [3.8, 4) is 0 Å². The molecule has 0 saturated carbocycles. The van der Waals surface area contributed by atoms with E-state index in [4.69, 9.17) is 9.92 Å². The lowest BCUT2D eigenvalue weighted by Gasteiger charge is -2.10. The molecule has 1 rings (SSSR count). The summed E-state index contributed by atoms with van der Waals surface area (Å²) >= 11 is 0. The minimum Gasteiger partial charge on any atom is -0.399 e. The minimum absolute atomic E-state index is 0.136. The molecular weight excluding hydrogens is 214 g/mol. The number of hydrogen-bond donors (Lipinski definition) is 1. The van der Waals surface area contributed by atoms with Gasteiger partial charge in [-0.05, 0) is 37.6 Å². The summed E-state index contributed by atoms with van der Waals surface area (Å²) in [5.74, 6) is 0. The molecule has 1 aromatic carbocycles. The molecule has 0 aromatic heterocycles. The van der Waals surface area contributed by atoms with Gasteiger partial charge in [-0.2, -0.15) is 8.42 Å². The Kier molecular flexibility index (Phi) is 3.71. The topological polar surface area (TPSA) is 69.4 Å². The van der Waals surface area contributed by atoms with Crippen LogP contribution in [0.1, 0.15) is 20.3 Å². The Labute approximate surface area is 90.2 Å². The second kappa shape index (κ2) is 4.63. The summed E-state index contributed by atoms with van der Waals surface area (Å²) in [5, 5.41) is 0. The maximum atomic E-state index is 11.6. The van der Waals surface area contributed by atoms with E-state index in [9.17, 15) is 8.42 Å². The summed E-state index contributed by atoms with van der Waals surface area (Å²) in [6, 6.07) is 5.94. The van der Waals surface area contributed by atoms with E-state index in [2.05, 4.69) is 0 Å². The summed E-state index contributed by atoms with van der Waals surface area (Å²) in [6.45, 7) is 3.58. The molecule has 0 radical (unpaired) electrons. The van der Waals surface area contributed by atoms with Gasteiger partial charge in [-0.3, -0.25) is 4.18 Å². The molecule has 0 bridgehead atoms. The molecule has 0 spiro atoms. The van der Waals surface area contributed by atoms with E-state index >= 15 is 0 Å². The van der Waals surface area contributed by atoms with Crippen LogP contribution in [-0.4, -0.2) is 14.5 Å². The first-order valence-corrected chi connectivity index (χ1v) is 6.15. The Morgan fingerprint density at radius 2 is 1.87 bits per heavy atom. The molecule has 0 amide bonds. The first-order chi connectivity index (χ1) is 6.95. The van der Waals surface area contributed by atoms with Gasteiger partial charge in [-0.1, -0.05) is 6.92 Å². The van der Waals surface area contributed by atoms with Gasteiger partial charge >= 0.3 is 0 Å². The first-order valence-electron chi connectivity index (χ1n) is 4.74. The van der Waals surface area contributed by atoms with Crippen LogP contribution in [0.25, 0.3) is 0 Å². The van der Waals surface area contributed by atoms with E-state index in [0.717, 1.165) is 0 Å². The fourth-order valence-corrected chi connectivity index (χ4v) is 2.12. The van der Waals surface area contributed by atoms with Gasteiger partial charge < -0.3 is 5.73 Å². The van der Waals surface area contributed by atoms with E-state index in [0.29, 0.717) is 12.1 Å². The van der Waals surface area contributed by atoms with Crippen molar-refractivity contribution >= 4 is 15.8 Å². The third-order valence-corrected chi connectivity index (χ3v) is 3.47. The van der Waals surface area contributed by atoms with Crippen molar-refractivity contribution in [3.05, 3.63) is 24.3 Å². The van der Waals surface area contributed by atoms with E-state index in [1.807, 2.05) is 6.92 Å². The lowest BCUT2D eigenvalue weighted by molar-refractivity contribution is 0.224. The van der Waals surface area contributed by atoms with E-state index in [-0.39, 0.29) is 11.0 Å². The second-order valence-electron chi connectivity index (χ2n) is 3.34. The molecular formula is C10H15NO3S. The zero-order valence-corrected chi connectivity index (χ0v) is 9.62. The van der Waals surface area contributed by atoms with Crippen molar-refractivity contribution in [1.29, 1.82) is 0 Å². The molecule has 15 heavy (non-hydrogen) atoms. The van der Waals surface area contributed by atoms with Crippen LogP contribution in [-0.2, 0) is 14.3 Å². The van der Waals surface area contributed by atoms with E-state index in [1.165, 1.54) is 24.3 Å². The van der Waals surface area contributed by atoms with Crippen LogP contribution in [0.5, 0.6) is 0 Å². The van der Waals surface area contributed by atoms with Gasteiger partial charge in [0.1, 0.15) is 0 Å². The Hall–Kier alpha value is -1.07. The van der Waals surface area contributed by atoms with Crippen molar-refractivity contribution in [3.63, 3.8) is 0 Å². The molecule has 1 aromatic rings. The Balaban J connectivity index is 2.91. The highest BCUT2D eigenvalue weighted by molar-refractivity contribution is 7.86. The summed E-state index contributed by atoms with van der Waals surface area (Å²) in [4.78, 5) is 0.136. The lowest BCUT2D eigenvalue weighted by Crippen LogP contribution is -2.14. The van der Waals surface area contributed by atoms with Gasteiger partial charge in [0.15, 0.2) is 0 Å². The number of hydrogen-bond acceptors (Lipinski definition) is 4. The summed E-state index contributed by atoms with van der Waals surface area (Å²) in [6.07, 6.45) is 0.335. The average molecular weight is 229 g/mol. The standard InChI is InChI=1S/C10H15NO3S/c1-3-8(2)14-15(12,13)10-6-4-9(11)5-7-10/h4-8H,3,11H2,1-2H3. The van der Waals surface area contributed by atoms with Gasteiger partial charge in [0.05, 0.1) is 11.0 Å². The number of nitrogen functional groups attached to an aromatic ring is 1. The Bertz CT molecular complexity index is 411.